The molecule has 1 aromatic carbocycles. The molecule has 8 heteroatoms. The van der Waals surface area contributed by atoms with Crippen molar-refractivity contribution in [1.29, 1.82) is 0 Å². The highest BCUT2D eigenvalue weighted by atomic mass is 16.5. The van der Waals surface area contributed by atoms with Gasteiger partial charge >= 0.3 is 0 Å². The van der Waals surface area contributed by atoms with Crippen molar-refractivity contribution in [3.05, 3.63) is 70.9 Å². The van der Waals surface area contributed by atoms with Gasteiger partial charge in [0, 0.05) is 25.0 Å². The van der Waals surface area contributed by atoms with Gasteiger partial charge in [0.25, 0.3) is 5.56 Å². The summed E-state index contributed by atoms with van der Waals surface area (Å²) in [5.74, 6) is 0.853. The summed E-state index contributed by atoms with van der Waals surface area (Å²) < 4.78 is 5.15. The fourth-order valence-electron chi connectivity index (χ4n) is 4.01. The summed E-state index contributed by atoms with van der Waals surface area (Å²) in [6.07, 6.45) is 7.44. The molecule has 1 fully saturated rings. The van der Waals surface area contributed by atoms with Crippen LogP contribution < -0.4 is 20.9 Å². The van der Waals surface area contributed by atoms with Crippen LogP contribution >= 0.6 is 0 Å². The molecule has 0 saturated carbocycles. The number of fused-ring (bicyclic) bond motifs is 1. The normalized spacial score (nSPS) is 13.9. The van der Waals surface area contributed by atoms with Crippen LogP contribution in [0, 0.1) is 12.3 Å². The zero-order chi connectivity index (χ0) is 24.8. The Bertz CT molecular complexity index is 1330. The van der Waals surface area contributed by atoms with Gasteiger partial charge in [0.2, 0.25) is 5.88 Å². The lowest BCUT2D eigenvalue weighted by Crippen LogP contribution is -2.52. The molecule has 0 atom stereocenters. The number of nitrogens with zero attached hydrogens (tertiary/aromatic N) is 3. The van der Waals surface area contributed by atoms with Gasteiger partial charge in [-0.05, 0) is 54.8 Å². The van der Waals surface area contributed by atoms with Crippen molar-refractivity contribution < 1.29 is 4.74 Å². The Hall–Kier alpha value is -3.78. The Morgan fingerprint density at radius 2 is 1.77 bits per heavy atom. The number of benzene rings is 1. The molecule has 4 heterocycles. The third-order valence-corrected chi connectivity index (χ3v) is 6.65. The van der Waals surface area contributed by atoms with Crippen LogP contribution in [0.4, 0.5) is 11.5 Å². The first-order chi connectivity index (χ1) is 17.0. The number of aromatic amines is 1. The second kappa shape index (κ2) is 10.7. The van der Waals surface area contributed by atoms with Crippen LogP contribution in [0.1, 0.15) is 32.3 Å². The molecule has 3 aromatic heterocycles. The summed E-state index contributed by atoms with van der Waals surface area (Å²) in [5.41, 5.74) is 3.62. The molecule has 8 nitrogen and oxygen atoms in total. The minimum Gasteiger partial charge on any atom is -0.480 e. The van der Waals surface area contributed by atoms with Gasteiger partial charge in [-0.2, -0.15) is 0 Å². The molecule has 1 aliphatic heterocycles. The highest BCUT2D eigenvalue weighted by molar-refractivity contribution is 5.94. The predicted molar refractivity (Wildman–Crippen MR) is 140 cm³/mol. The molecule has 0 spiro atoms. The van der Waals surface area contributed by atoms with E-state index in [0.717, 1.165) is 16.6 Å². The quantitative estimate of drug-likeness (QED) is 0.369. The third kappa shape index (κ3) is 5.49. The second-order valence-electron chi connectivity index (χ2n) is 8.88. The van der Waals surface area contributed by atoms with E-state index >= 15 is 0 Å². The molecule has 0 aliphatic carbocycles. The standard InChI is InChI=1S/C20H17N5O2.C7H15N/c1-12-3-5-14(6-4-12)23-19-18-13(7-8-22-20(18)26)9-15(25-19)16-10-21-11-17(24-16)27-2;1-3-7(4-2)5-8-6-7/h3-11H,1-2H3,(H,22,26)(H,23,25);8H,3-6H2,1-2H3. The number of hydrogen-bond acceptors (Lipinski definition) is 7. The Labute approximate surface area is 205 Å². The molecule has 1 aliphatic rings. The number of aryl methyl sites for hydroxylation is 1. The highest BCUT2D eigenvalue weighted by Crippen LogP contribution is 2.30. The Morgan fingerprint density at radius 3 is 2.37 bits per heavy atom. The van der Waals surface area contributed by atoms with E-state index in [0.29, 0.717) is 33.9 Å². The van der Waals surface area contributed by atoms with Crippen LogP contribution in [-0.4, -0.2) is 40.1 Å². The minimum atomic E-state index is -0.210. The average Bonchev–Trinajstić information content (AvgIpc) is 2.86. The lowest BCUT2D eigenvalue weighted by Gasteiger charge is -2.41. The number of methoxy groups -OCH3 is 1. The van der Waals surface area contributed by atoms with Crippen molar-refractivity contribution in [1.82, 2.24) is 25.3 Å². The van der Waals surface area contributed by atoms with E-state index in [1.165, 1.54) is 39.2 Å². The van der Waals surface area contributed by atoms with Crippen molar-refractivity contribution in [2.24, 2.45) is 5.41 Å². The predicted octanol–water partition coefficient (Wildman–Crippen LogP) is 4.84. The summed E-state index contributed by atoms with van der Waals surface area (Å²) in [6.45, 7) is 9.08. The van der Waals surface area contributed by atoms with E-state index in [1.807, 2.05) is 43.3 Å². The van der Waals surface area contributed by atoms with Gasteiger partial charge in [0.05, 0.1) is 30.6 Å². The van der Waals surface area contributed by atoms with Crippen molar-refractivity contribution in [3.8, 4) is 17.3 Å². The van der Waals surface area contributed by atoms with Gasteiger partial charge in [0.1, 0.15) is 11.5 Å². The maximum atomic E-state index is 12.4. The van der Waals surface area contributed by atoms with Gasteiger partial charge < -0.3 is 20.4 Å². The SMILES string of the molecule is CCC1(CC)CNC1.COc1cncc(-c2cc3cc[nH]c(=O)c3c(Nc3ccc(C)cc3)n2)n1. The summed E-state index contributed by atoms with van der Waals surface area (Å²) >= 11 is 0. The maximum Gasteiger partial charge on any atom is 0.259 e. The molecule has 1 saturated heterocycles. The van der Waals surface area contributed by atoms with E-state index in [1.54, 1.807) is 12.4 Å². The minimum absolute atomic E-state index is 0.210. The third-order valence-electron chi connectivity index (χ3n) is 6.65. The molecular weight excluding hydrogens is 440 g/mol. The molecule has 0 unspecified atom stereocenters. The fourth-order valence-corrected chi connectivity index (χ4v) is 4.01. The molecule has 35 heavy (non-hydrogen) atoms. The molecule has 0 bridgehead atoms. The largest absolute Gasteiger partial charge is 0.480 e. The highest BCUT2D eigenvalue weighted by Gasteiger charge is 2.32. The first kappa shape index (κ1) is 24.3. The Morgan fingerprint density at radius 1 is 1.03 bits per heavy atom. The summed E-state index contributed by atoms with van der Waals surface area (Å²) in [6, 6.07) is 11.5. The number of aromatic nitrogens is 4. The van der Waals surface area contributed by atoms with Crippen LogP contribution in [0.5, 0.6) is 5.88 Å². The van der Waals surface area contributed by atoms with Gasteiger partial charge in [-0.25, -0.2) is 9.97 Å². The van der Waals surface area contributed by atoms with Gasteiger partial charge in [0.15, 0.2) is 0 Å². The van der Waals surface area contributed by atoms with Crippen molar-refractivity contribution in [2.75, 3.05) is 25.5 Å². The number of ether oxygens (including phenoxy) is 1. The number of anilines is 2. The number of nitrogens with one attached hydrogen (secondary N) is 3. The summed E-state index contributed by atoms with van der Waals surface area (Å²) in [4.78, 5) is 28.3. The molecule has 0 radical (unpaired) electrons. The number of H-pyrrole nitrogens is 1. The fraction of sp³-hybridized carbons (Fsp3) is 0.333. The maximum absolute atomic E-state index is 12.4. The molecular formula is C27H32N6O2. The van der Waals surface area contributed by atoms with E-state index < -0.39 is 0 Å². The molecule has 182 valence electrons. The number of rotatable bonds is 6. The average molecular weight is 473 g/mol. The van der Waals surface area contributed by atoms with Crippen LogP contribution in [0.15, 0.2) is 59.8 Å². The van der Waals surface area contributed by atoms with Gasteiger partial charge in [-0.15, -0.1) is 0 Å². The Kier molecular flexibility index (Phi) is 7.41. The van der Waals surface area contributed by atoms with Crippen LogP contribution in [0.25, 0.3) is 22.2 Å². The van der Waals surface area contributed by atoms with E-state index in [9.17, 15) is 4.79 Å². The lowest BCUT2D eigenvalue weighted by atomic mass is 9.77. The summed E-state index contributed by atoms with van der Waals surface area (Å²) in [7, 11) is 1.53. The first-order valence-corrected chi connectivity index (χ1v) is 11.9. The van der Waals surface area contributed by atoms with E-state index in [4.69, 9.17) is 4.74 Å². The van der Waals surface area contributed by atoms with Gasteiger partial charge in [-0.1, -0.05) is 31.5 Å². The molecule has 0 amide bonds. The van der Waals surface area contributed by atoms with Crippen LogP contribution in [-0.2, 0) is 0 Å². The molecule has 4 aromatic rings. The molecule has 5 rings (SSSR count). The zero-order valence-corrected chi connectivity index (χ0v) is 20.7. The van der Waals surface area contributed by atoms with Gasteiger partial charge in [-0.3, -0.25) is 9.78 Å². The summed E-state index contributed by atoms with van der Waals surface area (Å²) in [5, 5.41) is 7.78. The smallest absolute Gasteiger partial charge is 0.259 e. The number of hydrogen-bond donors (Lipinski definition) is 3. The van der Waals surface area contributed by atoms with E-state index in [2.05, 4.69) is 44.4 Å². The first-order valence-electron chi connectivity index (χ1n) is 11.9. The van der Waals surface area contributed by atoms with E-state index in [-0.39, 0.29) is 5.56 Å². The molecule has 3 N–H and O–H groups in total. The lowest BCUT2D eigenvalue weighted by molar-refractivity contribution is 0.154. The van der Waals surface area contributed by atoms with Crippen LogP contribution in [0.3, 0.4) is 0 Å². The second-order valence-corrected chi connectivity index (χ2v) is 8.88. The topological polar surface area (TPSA) is 105 Å². The number of pyridine rings is 2. The van der Waals surface area contributed by atoms with Crippen molar-refractivity contribution >= 4 is 22.3 Å². The van der Waals surface area contributed by atoms with Crippen molar-refractivity contribution in [2.45, 2.75) is 33.6 Å². The Balaban J connectivity index is 0.000000308. The van der Waals surface area contributed by atoms with Crippen LogP contribution in [0.2, 0.25) is 0 Å². The zero-order valence-electron chi connectivity index (χ0n) is 20.7. The van der Waals surface area contributed by atoms with Crippen molar-refractivity contribution in [3.63, 3.8) is 0 Å². The monoisotopic (exact) mass is 472 g/mol.